The molecule has 0 spiro atoms. The molecule has 116 valence electrons. The van der Waals surface area contributed by atoms with Crippen LogP contribution in [-0.4, -0.2) is 36.9 Å². The van der Waals surface area contributed by atoms with E-state index in [9.17, 15) is 9.59 Å². The molecule has 0 heterocycles. The van der Waals surface area contributed by atoms with Gasteiger partial charge in [-0.15, -0.1) is 0 Å². The summed E-state index contributed by atoms with van der Waals surface area (Å²) in [6, 6.07) is 7.44. The summed E-state index contributed by atoms with van der Waals surface area (Å²) < 4.78 is 0. The lowest BCUT2D eigenvalue weighted by Gasteiger charge is -2.17. The minimum absolute atomic E-state index is 0.0866. The van der Waals surface area contributed by atoms with Crippen molar-refractivity contribution in [3.63, 3.8) is 0 Å². The Hall–Kier alpha value is -2.04. The normalized spacial score (nSPS) is 10.0. The van der Waals surface area contributed by atoms with Gasteiger partial charge in [0.1, 0.15) is 0 Å². The molecule has 0 atom stereocenters. The number of hydrogen-bond acceptors (Lipinski definition) is 3. The van der Waals surface area contributed by atoms with Gasteiger partial charge in [-0.2, -0.15) is 0 Å². The molecule has 0 bridgehead atoms. The van der Waals surface area contributed by atoms with E-state index in [-0.39, 0.29) is 11.8 Å². The first-order chi connectivity index (χ1) is 10.0. The Morgan fingerprint density at radius 1 is 1.14 bits per heavy atom. The van der Waals surface area contributed by atoms with Crippen LogP contribution in [-0.2, 0) is 9.59 Å². The zero-order valence-electron chi connectivity index (χ0n) is 13.1. The van der Waals surface area contributed by atoms with Crippen LogP contribution in [0.2, 0.25) is 0 Å². The minimum Gasteiger partial charge on any atom is -0.385 e. The summed E-state index contributed by atoms with van der Waals surface area (Å²) >= 11 is 0. The van der Waals surface area contributed by atoms with Gasteiger partial charge in [0.05, 0.1) is 0 Å². The van der Waals surface area contributed by atoms with Crippen molar-refractivity contribution in [2.45, 2.75) is 33.1 Å². The zero-order valence-corrected chi connectivity index (χ0v) is 13.1. The highest BCUT2D eigenvalue weighted by Crippen LogP contribution is 2.13. The quantitative estimate of drug-likeness (QED) is 0.774. The van der Waals surface area contributed by atoms with Crippen LogP contribution in [0.1, 0.15) is 33.1 Å². The maximum atomic E-state index is 11.9. The second-order valence-corrected chi connectivity index (χ2v) is 5.10. The van der Waals surface area contributed by atoms with Crippen LogP contribution in [0.3, 0.4) is 0 Å². The zero-order chi connectivity index (χ0) is 15.7. The van der Waals surface area contributed by atoms with Crippen LogP contribution in [0.5, 0.6) is 0 Å². The number of carbonyl (C=O) groups is 2. The van der Waals surface area contributed by atoms with Crippen molar-refractivity contribution in [2.75, 3.05) is 30.8 Å². The summed E-state index contributed by atoms with van der Waals surface area (Å²) in [4.78, 5) is 24.6. The van der Waals surface area contributed by atoms with E-state index in [0.29, 0.717) is 13.0 Å². The fraction of sp³-hybridized carbons (Fsp3) is 0.500. The molecule has 5 nitrogen and oxygen atoms in total. The Bertz CT molecular complexity index is 457. The van der Waals surface area contributed by atoms with E-state index >= 15 is 0 Å². The summed E-state index contributed by atoms with van der Waals surface area (Å²) in [5.74, 6) is 0.0715. The Kier molecular flexibility index (Phi) is 7.29. The molecule has 0 aromatic heterocycles. The first-order valence-corrected chi connectivity index (χ1v) is 7.38. The largest absolute Gasteiger partial charge is 0.385 e. The van der Waals surface area contributed by atoms with Gasteiger partial charge in [-0.05, 0) is 30.7 Å². The second-order valence-electron chi connectivity index (χ2n) is 5.10. The Labute approximate surface area is 126 Å². The van der Waals surface area contributed by atoms with Gasteiger partial charge in [-0.1, -0.05) is 13.3 Å². The van der Waals surface area contributed by atoms with E-state index in [4.69, 9.17) is 0 Å². The molecule has 0 radical (unpaired) electrons. The average molecular weight is 291 g/mol. The third kappa shape index (κ3) is 6.79. The fourth-order valence-electron chi connectivity index (χ4n) is 1.90. The molecule has 0 aliphatic heterocycles. The first-order valence-electron chi connectivity index (χ1n) is 7.38. The van der Waals surface area contributed by atoms with Crippen LogP contribution in [0.25, 0.3) is 0 Å². The van der Waals surface area contributed by atoms with Gasteiger partial charge < -0.3 is 15.5 Å². The van der Waals surface area contributed by atoms with E-state index in [1.165, 1.54) is 6.92 Å². The number of nitrogens with zero attached hydrogens (tertiary/aromatic N) is 1. The highest BCUT2D eigenvalue weighted by Gasteiger charge is 2.07. The first kappa shape index (κ1) is 17.0. The molecular formula is C16H25N3O2. The van der Waals surface area contributed by atoms with Crippen LogP contribution in [0.4, 0.5) is 11.4 Å². The van der Waals surface area contributed by atoms with Gasteiger partial charge in [0.25, 0.3) is 0 Å². The van der Waals surface area contributed by atoms with Crippen molar-refractivity contribution in [3.05, 3.63) is 24.3 Å². The monoisotopic (exact) mass is 291 g/mol. The van der Waals surface area contributed by atoms with E-state index < -0.39 is 0 Å². The number of rotatable bonds is 8. The van der Waals surface area contributed by atoms with E-state index in [2.05, 4.69) is 17.6 Å². The topological polar surface area (TPSA) is 61.4 Å². The van der Waals surface area contributed by atoms with E-state index in [1.54, 1.807) is 4.90 Å². The molecule has 0 aliphatic rings. The SMILES string of the molecule is CCCCN(C)C(=O)CCNc1ccc(NC(C)=O)cc1. The highest BCUT2D eigenvalue weighted by molar-refractivity contribution is 5.88. The van der Waals surface area contributed by atoms with Crippen molar-refractivity contribution in [2.24, 2.45) is 0 Å². The molecule has 1 aromatic rings. The summed E-state index contributed by atoms with van der Waals surface area (Å²) in [5.41, 5.74) is 1.71. The van der Waals surface area contributed by atoms with Gasteiger partial charge in [0.15, 0.2) is 0 Å². The number of benzene rings is 1. The van der Waals surface area contributed by atoms with Gasteiger partial charge in [-0.25, -0.2) is 0 Å². The van der Waals surface area contributed by atoms with Crippen molar-refractivity contribution in [3.8, 4) is 0 Å². The van der Waals surface area contributed by atoms with Crippen molar-refractivity contribution < 1.29 is 9.59 Å². The van der Waals surface area contributed by atoms with Crippen molar-refractivity contribution >= 4 is 23.2 Å². The number of nitrogens with one attached hydrogen (secondary N) is 2. The van der Waals surface area contributed by atoms with Crippen LogP contribution in [0, 0.1) is 0 Å². The molecule has 0 saturated carbocycles. The maximum Gasteiger partial charge on any atom is 0.224 e. The lowest BCUT2D eigenvalue weighted by molar-refractivity contribution is -0.129. The molecule has 1 rings (SSSR count). The van der Waals surface area contributed by atoms with Crippen LogP contribution >= 0.6 is 0 Å². The number of amides is 2. The molecule has 0 saturated heterocycles. The summed E-state index contributed by atoms with van der Waals surface area (Å²) in [6.07, 6.45) is 2.62. The van der Waals surface area contributed by atoms with E-state index in [1.807, 2.05) is 31.3 Å². The van der Waals surface area contributed by atoms with Crippen molar-refractivity contribution in [1.29, 1.82) is 0 Å². The second kappa shape index (κ2) is 9.00. The average Bonchev–Trinajstić information content (AvgIpc) is 2.45. The van der Waals surface area contributed by atoms with Crippen LogP contribution in [0.15, 0.2) is 24.3 Å². The smallest absolute Gasteiger partial charge is 0.224 e. The lowest BCUT2D eigenvalue weighted by atomic mass is 10.2. The molecule has 0 unspecified atom stereocenters. The highest BCUT2D eigenvalue weighted by atomic mass is 16.2. The minimum atomic E-state index is -0.0866. The third-order valence-corrected chi connectivity index (χ3v) is 3.15. The molecular weight excluding hydrogens is 266 g/mol. The standard InChI is InChI=1S/C16H25N3O2/c1-4-5-12-19(3)16(21)10-11-17-14-6-8-15(9-7-14)18-13(2)20/h6-9,17H,4-5,10-12H2,1-3H3,(H,18,20). The lowest BCUT2D eigenvalue weighted by Crippen LogP contribution is -2.29. The van der Waals surface area contributed by atoms with Gasteiger partial charge >= 0.3 is 0 Å². The number of anilines is 2. The van der Waals surface area contributed by atoms with Gasteiger partial charge in [0.2, 0.25) is 11.8 Å². The molecule has 2 amide bonds. The molecule has 2 N–H and O–H groups in total. The third-order valence-electron chi connectivity index (χ3n) is 3.15. The summed E-state index contributed by atoms with van der Waals surface area (Å²) in [5, 5.41) is 5.92. The molecule has 0 aliphatic carbocycles. The molecule has 0 fully saturated rings. The fourth-order valence-corrected chi connectivity index (χ4v) is 1.90. The van der Waals surface area contributed by atoms with Gasteiger partial charge in [-0.3, -0.25) is 9.59 Å². The number of unbranched alkanes of at least 4 members (excludes halogenated alkanes) is 1. The molecule has 1 aromatic carbocycles. The Balaban J connectivity index is 2.32. The molecule has 21 heavy (non-hydrogen) atoms. The molecule has 5 heteroatoms. The van der Waals surface area contributed by atoms with E-state index in [0.717, 1.165) is 30.8 Å². The number of carbonyl (C=O) groups excluding carboxylic acids is 2. The summed E-state index contributed by atoms with van der Waals surface area (Å²) in [6.45, 7) is 5.02. The predicted molar refractivity (Wildman–Crippen MR) is 86.4 cm³/mol. The van der Waals surface area contributed by atoms with Crippen molar-refractivity contribution in [1.82, 2.24) is 4.90 Å². The Morgan fingerprint density at radius 2 is 1.76 bits per heavy atom. The number of hydrogen-bond donors (Lipinski definition) is 2. The van der Waals surface area contributed by atoms with Crippen LogP contribution < -0.4 is 10.6 Å². The Morgan fingerprint density at radius 3 is 2.33 bits per heavy atom. The summed E-state index contributed by atoms with van der Waals surface area (Å²) in [7, 11) is 1.85. The predicted octanol–water partition coefficient (Wildman–Crippen LogP) is 2.71. The van der Waals surface area contributed by atoms with Gasteiger partial charge in [0, 0.05) is 44.9 Å². The maximum absolute atomic E-state index is 11.9.